The predicted molar refractivity (Wildman–Crippen MR) is 148 cm³/mol. The molecular weight excluding hydrogens is 556 g/mol. The second-order valence-corrected chi connectivity index (χ2v) is 8.66. The Balaban J connectivity index is 1.22. The van der Waals surface area contributed by atoms with Crippen molar-refractivity contribution >= 4 is 11.8 Å². The average molecular weight is 603 g/mol. The summed E-state index contributed by atoms with van der Waals surface area (Å²) in [5.74, 6) is -0.692. The van der Waals surface area contributed by atoms with Gasteiger partial charge in [-0.25, -0.2) is 4.68 Å². The number of hydrogen-bond donors (Lipinski definition) is 0. The van der Waals surface area contributed by atoms with E-state index < -0.39 is 0 Å². The fourth-order valence-electron chi connectivity index (χ4n) is 3.33. The van der Waals surface area contributed by atoms with E-state index >= 15 is 0 Å². The molecule has 2 heterocycles. The van der Waals surface area contributed by atoms with Crippen LogP contribution in [0, 0.1) is 0 Å². The van der Waals surface area contributed by atoms with Crippen molar-refractivity contribution in [2.24, 2.45) is 0 Å². The number of hydrogen-bond acceptors (Lipinski definition) is 13. The van der Waals surface area contributed by atoms with Crippen LogP contribution in [0.3, 0.4) is 0 Å². The topological polar surface area (TPSA) is 151 Å². The molecule has 0 saturated heterocycles. The SMILES string of the molecule is CCOCCOCCOCCOCCOCCOCCOCCOCCOCCn1cc(CN2C(=O)C=CC2=O)nn1. The molecule has 0 spiro atoms. The predicted octanol–water partition coefficient (Wildman–Crippen LogP) is -0.128. The Morgan fingerprint density at radius 1 is 0.548 bits per heavy atom. The summed E-state index contributed by atoms with van der Waals surface area (Å²) in [6.45, 7) is 11.8. The minimum Gasteiger partial charge on any atom is -0.379 e. The van der Waals surface area contributed by atoms with Crippen molar-refractivity contribution in [2.45, 2.75) is 20.0 Å². The average Bonchev–Trinajstić information content (AvgIpc) is 3.58. The van der Waals surface area contributed by atoms with Crippen LogP contribution in [0.15, 0.2) is 18.3 Å². The number of imide groups is 1. The molecule has 2 rings (SSSR count). The first kappa shape index (κ1) is 35.9. The van der Waals surface area contributed by atoms with Gasteiger partial charge in [-0.3, -0.25) is 14.5 Å². The molecule has 0 fully saturated rings. The summed E-state index contributed by atoms with van der Waals surface area (Å²) < 4.78 is 50.4. The third-order valence-electron chi connectivity index (χ3n) is 5.45. The maximum atomic E-state index is 11.6. The van der Waals surface area contributed by atoms with Crippen LogP contribution in [0.2, 0.25) is 0 Å². The van der Waals surface area contributed by atoms with Crippen molar-refractivity contribution in [1.29, 1.82) is 0 Å². The van der Waals surface area contributed by atoms with Gasteiger partial charge in [0.15, 0.2) is 0 Å². The van der Waals surface area contributed by atoms with Crippen LogP contribution in [0.1, 0.15) is 12.6 Å². The normalized spacial score (nSPS) is 13.2. The maximum absolute atomic E-state index is 11.6. The van der Waals surface area contributed by atoms with Gasteiger partial charge in [0.25, 0.3) is 11.8 Å². The molecule has 15 nitrogen and oxygen atoms in total. The minimum atomic E-state index is -0.346. The van der Waals surface area contributed by atoms with Crippen LogP contribution in [-0.2, 0) is 65.3 Å². The molecule has 0 bridgehead atoms. The Bertz CT molecular complexity index is 838. The van der Waals surface area contributed by atoms with Crippen LogP contribution in [0.25, 0.3) is 0 Å². The maximum Gasteiger partial charge on any atom is 0.253 e. The Morgan fingerprint density at radius 3 is 1.29 bits per heavy atom. The molecule has 0 N–H and O–H groups in total. The number of aromatic nitrogens is 3. The number of rotatable bonds is 30. The minimum absolute atomic E-state index is 0.101. The lowest BCUT2D eigenvalue weighted by molar-refractivity contribution is -0.137. The van der Waals surface area contributed by atoms with E-state index in [-0.39, 0.29) is 18.4 Å². The van der Waals surface area contributed by atoms with Crippen LogP contribution in [-0.4, -0.2) is 151 Å². The summed E-state index contributed by atoms with van der Waals surface area (Å²) in [5.41, 5.74) is 0.536. The second kappa shape index (κ2) is 25.2. The number of amides is 2. The molecule has 0 saturated carbocycles. The highest BCUT2D eigenvalue weighted by molar-refractivity contribution is 6.12. The third-order valence-corrected chi connectivity index (χ3v) is 5.45. The molecule has 0 aliphatic carbocycles. The summed E-state index contributed by atoms with van der Waals surface area (Å²) in [6, 6.07) is 0. The van der Waals surface area contributed by atoms with Crippen LogP contribution in [0.5, 0.6) is 0 Å². The quantitative estimate of drug-likeness (QED) is 0.0850. The summed E-state index contributed by atoms with van der Waals surface area (Å²) in [5, 5.41) is 7.96. The molecule has 0 unspecified atom stereocenters. The van der Waals surface area contributed by atoms with Crippen molar-refractivity contribution in [3.63, 3.8) is 0 Å². The highest BCUT2D eigenvalue weighted by Gasteiger charge is 2.24. The van der Waals surface area contributed by atoms with Gasteiger partial charge in [-0.1, -0.05) is 5.21 Å². The number of ether oxygens (including phenoxy) is 9. The van der Waals surface area contributed by atoms with Gasteiger partial charge in [-0.05, 0) is 6.92 Å². The Hall–Kier alpha value is -2.34. The molecule has 42 heavy (non-hydrogen) atoms. The van der Waals surface area contributed by atoms with Gasteiger partial charge in [0, 0.05) is 18.8 Å². The summed E-state index contributed by atoms with van der Waals surface area (Å²) in [7, 11) is 0. The van der Waals surface area contributed by atoms with Crippen molar-refractivity contribution in [2.75, 3.05) is 119 Å². The fourth-order valence-corrected chi connectivity index (χ4v) is 3.33. The Morgan fingerprint density at radius 2 is 0.905 bits per heavy atom. The molecule has 0 radical (unpaired) electrons. The zero-order chi connectivity index (χ0) is 29.9. The molecule has 0 aromatic carbocycles. The highest BCUT2D eigenvalue weighted by atomic mass is 16.6. The van der Waals surface area contributed by atoms with E-state index in [0.29, 0.717) is 131 Å². The van der Waals surface area contributed by atoms with E-state index in [4.69, 9.17) is 42.6 Å². The van der Waals surface area contributed by atoms with Crippen molar-refractivity contribution in [3.05, 3.63) is 24.0 Å². The third kappa shape index (κ3) is 18.3. The van der Waals surface area contributed by atoms with Gasteiger partial charge >= 0.3 is 0 Å². The Kier molecular flexibility index (Phi) is 21.5. The lowest BCUT2D eigenvalue weighted by atomic mass is 10.4. The molecule has 1 aromatic heterocycles. The number of carbonyl (C=O) groups is 2. The van der Waals surface area contributed by atoms with E-state index in [1.54, 1.807) is 10.9 Å². The zero-order valence-electron chi connectivity index (χ0n) is 24.7. The molecule has 1 aliphatic rings. The van der Waals surface area contributed by atoms with Crippen molar-refractivity contribution < 1.29 is 52.2 Å². The van der Waals surface area contributed by atoms with Gasteiger partial charge in [-0.2, -0.15) is 0 Å². The van der Waals surface area contributed by atoms with Crippen LogP contribution < -0.4 is 0 Å². The summed E-state index contributed by atoms with van der Waals surface area (Å²) >= 11 is 0. The van der Waals surface area contributed by atoms with Crippen molar-refractivity contribution in [3.8, 4) is 0 Å². The van der Waals surface area contributed by atoms with Gasteiger partial charge in [0.2, 0.25) is 0 Å². The van der Waals surface area contributed by atoms with Gasteiger partial charge in [0.1, 0.15) is 5.69 Å². The second-order valence-electron chi connectivity index (χ2n) is 8.66. The van der Waals surface area contributed by atoms with E-state index in [0.717, 1.165) is 4.90 Å². The molecule has 240 valence electrons. The lowest BCUT2D eigenvalue weighted by Gasteiger charge is -2.10. The first-order valence-electron chi connectivity index (χ1n) is 14.3. The zero-order valence-corrected chi connectivity index (χ0v) is 24.7. The van der Waals surface area contributed by atoms with Gasteiger partial charge in [-0.15, -0.1) is 5.10 Å². The van der Waals surface area contributed by atoms with E-state index in [1.807, 2.05) is 6.92 Å². The smallest absolute Gasteiger partial charge is 0.253 e. The largest absolute Gasteiger partial charge is 0.379 e. The molecule has 2 amide bonds. The highest BCUT2D eigenvalue weighted by Crippen LogP contribution is 2.08. The van der Waals surface area contributed by atoms with Gasteiger partial charge in [0.05, 0.1) is 132 Å². The van der Waals surface area contributed by atoms with E-state index in [1.165, 1.54) is 12.2 Å². The molecule has 15 heteroatoms. The molecule has 1 aliphatic heterocycles. The molecule has 1 aromatic rings. The standard InChI is InChI=1S/C27H46N4O11/c1-2-34-7-8-36-11-12-38-15-16-40-19-20-42-22-21-41-18-17-39-14-13-37-10-9-35-6-5-30-23-25(28-29-30)24-31-26(32)3-4-27(31)33/h3-4,23H,2,5-22,24H2,1H3. The molecule has 0 atom stereocenters. The monoisotopic (exact) mass is 602 g/mol. The summed E-state index contributed by atoms with van der Waals surface area (Å²) in [6.07, 6.45) is 4.17. The lowest BCUT2D eigenvalue weighted by Crippen LogP contribution is -2.29. The van der Waals surface area contributed by atoms with Gasteiger partial charge < -0.3 is 42.6 Å². The number of carbonyl (C=O) groups excluding carboxylic acids is 2. The summed E-state index contributed by atoms with van der Waals surface area (Å²) in [4.78, 5) is 24.3. The van der Waals surface area contributed by atoms with E-state index in [2.05, 4.69) is 10.3 Å². The Labute approximate surface area is 247 Å². The first-order chi connectivity index (χ1) is 20.7. The van der Waals surface area contributed by atoms with Crippen LogP contribution >= 0.6 is 0 Å². The first-order valence-corrected chi connectivity index (χ1v) is 14.3. The molecular formula is C27H46N4O11. The van der Waals surface area contributed by atoms with Crippen LogP contribution in [0.4, 0.5) is 0 Å². The van der Waals surface area contributed by atoms with E-state index in [9.17, 15) is 9.59 Å². The fraction of sp³-hybridized carbons (Fsp3) is 0.778. The van der Waals surface area contributed by atoms with Crippen molar-refractivity contribution in [1.82, 2.24) is 19.9 Å². The number of nitrogens with zero attached hydrogens (tertiary/aromatic N) is 4.